The first-order chi connectivity index (χ1) is 14.3. The molecule has 1 aromatic heterocycles. The van der Waals surface area contributed by atoms with Gasteiger partial charge in [-0.2, -0.15) is 0 Å². The second-order valence-corrected chi connectivity index (χ2v) is 8.61. The summed E-state index contributed by atoms with van der Waals surface area (Å²) in [5.41, 5.74) is 5.13. The summed E-state index contributed by atoms with van der Waals surface area (Å²) < 4.78 is 91.4. The van der Waals surface area contributed by atoms with Gasteiger partial charge in [-0.3, -0.25) is 9.44 Å². The summed E-state index contributed by atoms with van der Waals surface area (Å²) >= 11 is 0. The molecule has 0 aliphatic carbocycles. The molecular weight excluding hydrogens is 392 g/mol. The smallest absolute Gasteiger partial charge is 0.263 e. The van der Waals surface area contributed by atoms with E-state index in [1.54, 1.807) is 0 Å². The van der Waals surface area contributed by atoms with Crippen LogP contribution in [0.15, 0.2) is 68.8 Å². The normalized spacial score (nSPS) is 14.0. The number of anilines is 3. The molecule has 0 amide bonds. The van der Waals surface area contributed by atoms with E-state index in [0.717, 1.165) is 0 Å². The Hall–Kier alpha value is -3.05. The van der Waals surface area contributed by atoms with Crippen molar-refractivity contribution in [2.45, 2.75) is 16.7 Å². The summed E-state index contributed by atoms with van der Waals surface area (Å²) in [5, 5.41) is 3.45. The van der Waals surface area contributed by atoms with Crippen LogP contribution in [0.1, 0.15) is 11.2 Å². The van der Waals surface area contributed by atoms with Gasteiger partial charge in [0.15, 0.2) is 5.82 Å². The Morgan fingerprint density at radius 1 is 0.963 bits per heavy atom. The van der Waals surface area contributed by atoms with Crippen LogP contribution in [0.2, 0.25) is 0 Å². The van der Waals surface area contributed by atoms with Crippen molar-refractivity contribution in [3.8, 4) is 0 Å². The number of sulfonamides is 2. The molecule has 142 valence electrons. The minimum atomic E-state index is -4.60. The van der Waals surface area contributed by atoms with Crippen LogP contribution in [0.3, 0.4) is 0 Å². The first-order valence-electron chi connectivity index (χ1n) is 9.28. The van der Waals surface area contributed by atoms with Crippen LogP contribution >= 0.6 is 0 Å². The molecule has 3 aromatic rings. The van der Waals surface area contributed by atoms with Crippen molar-refractivity contribution < 1.29 is 26.8 Å². The van der Waals surface area contributed by atoms with Crippen molar-refractivity contribution in [3.63, 3.8) is 0 Å². The molecule has 0 saturated heterocycles. The predicted octanol–water partition coefficient (Wildman–Crippen LogP) is 2.17. The molecule has 27 heavy (non-hydrogen) atoms. The maximum Gasteiger partial charge on any atom is 0.263 e. The molecule has 0 aliphatic rings. The van der Waals surface area contributed by atoms with Gasteiger partial charge >= 0.3 is 0 Å². The van der Waals surface area contributed by atoms with E-state index in [9.17, 15) is 16.8 Å². The van der Waals surface area contributed by atoms with E-state index in [-0.39, 0.29) is 10.7 Å². The largest absolute Gasteiger partial charge is 0.399 e. The Morgan fingerprint density at radius 3 is 2.11 bits per heavy atom. The molecule has 0 aliphatic heterocycles. The van der Waals surface area contributed by atoms with E-state index < -0.39 is 54.8 Å². The minimum absolute atomic E-state index is 0.220. The topological polar surface area (TPSA) is 144 Å². The molecule has 0 radical (unpaired) electrons. The number of aromatic nitrogens is 1. The third-order valence-corrected chi connectivity index (χ3v) is 5.75. The van der Waals surface area contributed by atoms with Crippen molar-refractivity contribution in [2.24, 2.45) is 0 Å². The van der Waals surface area contributed by atoms with Crippen LogP contribution < -0.4 is 15.2 Å². The number of hydrogen-bond acceptors (Lipinski definition) is 7. The fraction of sp³-hybridized carbons (Fsp3) is 0.0625. The van der Waals surface area contributed by atoms with Crippen LogP contribution in [0.5, 0.6) is 0 Å². The van der Waals surface area contributed by atoms with Crippen molar-refractivity contribution in [1.82, 2.24) is 5.16 Å². The fourth-order valence-electron chi connectivity index (χ4n) is 1.93. The molecule has 1 heterocycles. The zero-order valence-electron chi connectivity index (χ0n) is 17.8. The summed E-state index contributed by atoms with van der Waals surface area (Å²) in [7, 11) is -8.90. The Morgan fingerprint density at radius 2 is 1.56 bits per heavy atom. The zero-order chi connectivity index (χ0) is 23.1. The SMILES string of the molecule is [2H]c1c([2H])c(S(=O)(=O)Nc2cc(C)on2)c([2H])c([2H])c1NS(=O)(=O)c1ccc(N)cc1. The van der Waals surface area contributed by atoms with Gasteiger partial charge in [-0.05, 0) is 55.4 Å². The van der Waals surface area contributed by atoms with Crippen LogP contribution in [-0.2, 0) is 20.0 Å². The lowest BCUT2D eigenvalue weighted by atomic mass is 10.3. The molecule has 3 rings (SSSR count). The number of nitrogens with two attached hydrogens (primary N) is 1. The third kappa shape index (κ3) is 4.38. The molecule has 0 saturated carbocycles. The molecule has 2 aromatic carbocycles. The molecule has 0 atom stereocenters. The van der Waals surface area contributed by atoms with Crippen LogP contribution in [-0.4, -0.2) is 22.0 Å². The number of nitrogens with zero attached hydrogens (tertiary/aromatic N) is 1. The molecule has 9 nitrogen and oxygen atoms in total. The molecule has 0 fully saturated rings. The maximum absolute atomic E-state index is 12.7. The van der Waals surface area contributed by atoms with E-state index in [1.165, 1.54) is 37.3 Å². The highest BCUT2D eigenvalue weighted by Gasteiger charge is 2.18. The van der Waals surface area contributed by atoms with Gasteiger partial charge in [0.05, 0.1) is 15.3 Å². The highest BCUT2D eigenvalue weighted by molar-refractivity contribution is 7.93. The summed E-state index contributed by atoms with van der Waals surface area (Å²) in [6.07, 6.45) is 0. The molecule has 0 spiro atoms. The van der Waals surface area contributed by atoms with Gasteiger partial charge in [-0.15, -0.1) is 0 Å². The number of benzene rings is 2. The van der Waals surface area contributed by atoms with Gasteiger partial charge in [-0.1, -0.05) is 5.16 Å². The van der Waals surface area contributed by atoms with Crippen LogP contribution in [0.25, 0.3) is 0 Å². The van der Waals surface area contributed by atoms with E-state index in [0.29, 0.717) is 11.4 Å². The monoisotopic (exact) mass is 412 g/mol. The average molecular weight is 412 g/mol. The van der Waals surface area contributed by atoms with E-state index >= 15 is 0 Å². The first-order valence-corrected chi connectivity index (χ1v) is 10.2. The van der Waals surface area contributed by atoms with Gasteiger partial charge in [-0.25, -0.2) is 16.8 Å². The van der Waals surface area contributed by atoms with Gasteiger partial charge in [0.25, 0.3) is 20.0 Å². The van der Waals surface area contributed by atoms with Crippen molar-refractivity contribution >= 4 is 37.2 Å². The summed E-state index contributed by atoms with van der Waals surface area (Å²) in [6.45, 7) is 1.52. The maximum atomic E-state index is 12.7. The Balaban J connectivity index is 2.07. The van der Waals surface area contributed by atoms with Gasteiger partial charge in [0.2, 0.25) is 0 Å². The second kappa shape index (κ2) is 6.93. The summed E-state index contributed by atoms with van der Waals surface area (Å²) in [4.78, 5) is -1.21. The lowest BCUT2D eigenvalue weighted by molar-refractivity contribution is 0.400. The lowest BCUT2D eigenvalue weighted by Crippen LogP contribution is -2.14. The summed E-state index contributed by atoms with van der Waals surface area (Å²) in [5.74, 6) is 0.0761. The van der Waals surface area contributed by atoms with Crippen molar-refractivity contribution in [2.75, 3.05) is 15.2 Å². The van der Waals surface area contributed by atoms with E-state index in [1.807, 2.05) is 9.44 Å². The number of nitrogens with one attached hydrogen (secondary N) is 2. The number of nitrogen functional groups attached to an aromatic ring is 1. The van der Waals surface area contributed by atoms with Crippen molar-refractivity contribution in [3.05, 3.63) is 60.3 Å². The average Bonchev–Trinajstić information content (AvgIpc) is 3.07. The van der Waals surface area contributed by atoms with Crippen LogP contribution in [0.4, 0.5) is 17.2 Å². The third-order valence-electron chi connectivity index (χ3n) is 3.16. The fourth-order valence-corrected chi connectivity index (χ4v) is 3.76. The zero-order valence-corrected chi connectivity index (χ0v) is 15.4. The van der Waals surface area contributed by atoms with Gasteiger partial charge < -0.3 is 10.3 Å². The summed E-state index contributed by atoms with van der Waals surface area (Å²) in [6, 6.07) is 2.57. The molecule has 11 heteroatoms. The van der Waals surface area contributed by atoms with Gasteiger partial charge in [0, 0.05) is 17.4 Å². The standard InChI is InChI=1S/C16H16N4O5S2/c1-11-10-16(18-25-11)20-27(23,24)15-8-4-13(5-9-15)19-26(21,22)14-6-2-12(17)3-7-14/h2-10,19H,17H2,1H3,(H,18,20)/i4D,5D,8D,9D. The van der Waals surface area contributed by atoms with Crippen molar-refractivity contribution in [1.29, 1.82) is 0 Å². The highest BCUT2D eigenvalue weighted by Crippen LogP contribution is 2.21. The Labute approximate surface area is 161 Å². The number of aryl methyl sites for hydroxylation is 1. The number of rotatable bonds is 6. The lowest BCUT2D eigenvalue weighted by Gasteiger charge is -2.09. The minimum Gasteiger partial charge on any atom is -0.399 e. The van der Waals surface area contributed by atoms with E-state index in [4.69, 9.17) is 15.7 Å². The highest BCUT2D eigenvalue weighted by atomic mass is 32.2. The van der Waals surface area contributed by atoms with Gasteiger partial charge in [0.1, 0.15) is 5.76 Å². The predicted molar refractivity (Wildman–Crippen MR) is 100 cm³/mol. The molecule has 0 unspecified atom stereocenters. The Kier molecular flexibility index (Phi) is 3.61. The second-order valence-electron chi connectivity index (χ2n) is 5.31. The van der Waals surface area contributed by atoms with E-state index in [2.05, 4.69) is 5.16 Å². The molecule has 4 N–H and O–H groups in total. The Bertz CT molecular complexity index is 1340. The molecular formula is C16H16N4O5S2. The number of hydrogen-bond donors (Lipinski definition) is 3. The first kappa shape index (κ1) is 14.1. The molecule has 0 bridgehead atoms. The van der Waals surface area contributed by atoms with Crippen LogP contribution in [0, 0.1) is 6.92 Å². The quantitative estimate of drug-likeness (QED) is 0.526.